The summed E-state index contributed by atoms with van der Waals surface area (Å²) in [6.45, 7) is 5.14. The molecule has 1 heterocycles. The van der Waals surface area contributed by atoms with Gasteiger partial charge in [-0.1, -0.05) is 32.0 Å². The summed E-state index contributed by atoms with van der Waals surface area (Å²) in [5, 5.41) is 4.99. The minimum atomic E-state index is -0.0748. The van der Waals surface area contributed by atoms with Gasteiger partial charge in [-0.15, -0.1) is 11.8 Å². The fourth-order valence-corrected chi connectivity index (χ4v) is 3.50. The first-order valence-electron chi connectivity index (χ1n) is 7.26. The normalized spacial score (nSPS) is 22.0. The second kappa shape index (κ2) is 7.55. The van der Waals surface area contributed by atoms with Gasteiger partial charge in [-0.2, -0.15) is 0 Å². The number of rotatable bonds is 5. The predicted octanol–water partition coefficient (Wildman–Crippen LogP) is 3.53. The molecular formula is C15H23N3OS. The third-order valence-electron chi connectivity index (χ3n) is 3.42. The molecule has 0 spiro atoms. The van der Waals surface area contributed by atoms with E-state index in [2.05, 4.69) is 24.6 Å². The van der Waals surface area contributed by atoms with Crippen molar-refractivity contribution in [3.8, 4) is 0 Å². The first kappa shape index (κ1) is 15.2. The van der Waals surface area contributed by atoms with Crippen molar-refractivity contribution >= 4 is 23.5 Å². The first-order valence-corrected chi connectivity index (χ1v) is 8.30. The number of carbonyl (C=O) groups excluding carboxylic acids is 1. The van der Waals surface area contributed by atoms with Gasteiger partial charge >= 0.3 is 6.03 Å². The second-order valence-electron chi connectivity index (χ2n) is 5.00. The Hall–Kier alpha value is -1.20. The zero-order valence-corrected chi connectivity index (χ0v) is 13.0. The fourth-order valence-electron chi connectivity index (χ4n) is 2.26. The van der Waals surface area contributed by atoms with Crippen molar-refractivity contribution in [2.24, 2.45) is 5.92 Å². The van der Waals surface area contributed by atoms with E-state index in [0.29, 0.717) is 11.3 Å². The zero-order valence-electron chi connectivity index (χ0n) is 12.1. The molecular weight excluding hydrogens is 270 g/mol. The highest BCUT2D eigenvalue weighted by Gasteiger charge is 2.33. The van der Waals surface area contributed by atoms with Gasteiger partial charge in [0, 0.05) is 18.2 Å². The van der Waals surface area contributed by atoms with Crippen LogP contribution in [0.5, 0.6) is 0 Å². The highest BCUT2D eigenvalue weighted by molar-refractivity contribution is 7.99. The van der Waals surface area contributed by atoms with Gasteiger partial charge < -0.3 is 5.32 Å². The van der Waals surface area contributed by atoms with Crippen molar-refractivity contribution in [3.05, 3.63) is 30.3 Å². The van der Waals surface area contributed by atoms with Gasteiger partial charge in [0.15, 0.2) is 0 Å². The molecule has 20 heavy (non-hydrogen) atoms. The number of hydrogen-bond acceptors (Lipinski definition) is 3. The SMILES string of the molecule is CCCSC1NN(C(=O)Nc2ccccc2)CC1CC. The Bertz CT molecular complexity index is 426. The van der Waals surface area contributed by atoms with Crippen LogP contribution in [-0.4, -0.2) is 28.7 Å². The van der Waals surface area contributed by atoms with Crippen LogP contribution in [0.15, 0.2) is 30.3 Å². The van der Waals surface area contributed by atoms with Gasteiger partial charge in [0.1, 0.15) is 0 Å². The molecule has 4 nitrogen and oxygen atoms in total. The van der Waals surface area contributed by atoms with Crippen LogP contribution in [0, 0.1) is 5.92 Å². The molecule has 0 saturated carbocycles. The molecule has 5 heteroatoms. The molecule has 1 aromatic carbocycles. The molecule has 0 radical (unpaired) electrons. The van der Waals surface area contributed by atoms with E-state index in [1.165, 1.54) is 0 Å². The Morgan fingerprint density at radius 1 is 1.40 bits per heavy atom. The molecule has 1 aliphatic heterocycles. The molecule has 1 saturated heterocycles. The molecule has 0 aliphatic carbocycles. The van der Waals surface area contributed by atoms with Crippen LogP contribution in [0.2, 0.25) is 0 Å². The van der Waals surface area contributed by atoms with Crippen molar-refractivity contribution in [3.63, 3.8) is 0 Å². The molecule has 2 rings (SSSR count). The van der Waals surface area contributed by atoms with Crippen LogP contribution in [0.3, 0.4) is 0 Å². The van der Waals surface area contributed by atoms with Crippen molar-refractivity contribution in [2.45, 2.75) is 32.1 Å². The number of carbonyl (C=O) groups is 1. The molecule has 1 aliphatic rings. The third-order valence-corrected chi connectivity index (χ3v) is 4.92. The summed E-state index contributed by atoms with van der Waals surface area (Å²) in [7, 11) is 0. The maximum Gasteiger partial charge on any atom is 0.336 e. The topological polar surface area (TPSA) is 44.4 Å². The maximum absolute atomic E-state index is 12.2. The van der Waals surface area contributed by atoms with Crippen LogP contribution in [-0.2, 0) is 0 Å². The van der Waals surface area contributed by atoms with Crippen LogP contribution in [0.25, 0.3) is 0 Å². The molecule has 110 valence electrons. The van der Waals surface area contributed by atoms with Crippen molar-refractivity contribution in [2.75, 3.05) is 17.6 Å². The molecule has 0 bridgehead atoms. The van der Waals surface area contributed by atoms with E-state index in [-0.39, 0.29) is 6.03 Å². The molecule has 2 amide bonds. The minimum Gasteiger partial charge on any atom is -0.307 e. The van der Waals surface area contributed by atoms with Crippen molar-refractivity contribution in [1.29, 1.82) is 0 Å². The van der Waals surface area contributed by atoms with Gasteiger partial charge in [-0.3, -0.25) is 5.01 Å². The van der Waals surface area contributed by atoms with Crippen LogP contribution in [0.4, 0.5) is 10.5 Å². The highest BCUT2D eigenvalue weighted by Crippen LogP contribution is 2.27. The summed E-state index contributed by atoms with van der Waals surface area (Å²) in [5.41, 5.74) is 4.16. The Kier molecular flexibility index (Phi) is 5.73. The highest BCUT2D eigenvalue weighted by atomic mass is 32.2. The average Bonchev–Trinajstić information content (AvgIpc) is 2.89. The number of urea groups is 1. The van der Waals surface area contributed by atoms with Gasteiger partial charge in [0.2, 0.25) is 0 Å². The summed E-state index contributed by atoms with van der Waals surface area (Å²) >= 11 is 1.91. The first-order chi connectivity index (χ1) is 9.74. The standard InChI is InChI=1S/C15H23N3OS/c1-3-10-20-14-12(4-2)11-18(17-14)15(19)16-13-8-6-5-7-9-13/h5-9,12,14,17H,3-4,10-11H2,1-2H3,(H,16,19). The molecule has 1 aromatic rings. The number of amides is 2. The van der Waals surface area contributed by atoms with Gasteiger partial charge in [-0.25, -0.2) is 10.2 Å². The Labute approximate surface area is 125 Å². The van der Waals surface area contributed by atoms with Crippen molar-refractivity contribution < 1.29 is 4.79 Å². The van der Waals surface area contributed by atoms with E-state index in [0.717, 1.165) is 30.8 Å². The van der Waals surface area contributed by atoms with E-state index in [1.807, 2.05) is 42.1 Å². The van der Waals surface area contributed by atoms with E-state index >= 15 is 0 Å². The second-order valence-corrected chi connectivity index (χ2v) is 6.25. The average molecular weight is 293 g/mol. The van der Waals surface area contributed by atoms with E-state index < -0.39 is 0 Å². The number of hydrogen-bond donors (Lipinski definition) is 2. The largest absolute Gasteiger partial charge is 0.336 e. The maximum atomic E-state index is 12.2. The molecule has 2 atom stereocenters. The lowest BCUT2D eigenvalue weighted by molar-refractivity contribution is 0.203. The Morgan fingerprint density at radius 2 is 2.15 bits per heavy atom. The van der Waals surface area contributed by atoms with E-state index in [4.69, 9.17) is 0 Å². The van der Waals surface area contributed by atoms with Gasteiger partial charge in [-0.05, 0) is 30.7 Å². The van der Waals surface area contributed by atoms with Crippen LogP contribution in [0.1, 0.15) is 26.7 Å². The van der Waals surface area contributed by atoms with Gasteiger partial charge in [0.05, 0.1) is 5.37 Å². The zero-order chi connectivity index (χ0) is 14.4. The number of para-hydroxylation sites is 1. The number of nitrogens with zero attached hydrogens (tertiary/aromatic N) is 1. The lowest BCUT2D eigenvalue weighted by Crippen LogP contribution is -2.42. The smallest absolute Gasteiger partial charge is 0.307 e. The van der Waals surface area contributed by atoms with Gasteiger partial charge in [0.25, 0.3) is 0 Å². The fraction of sp³-hybridized carbons (Fsp3) is 0.533. The summed E-state index contributed by atoms with van der Waals surface area (Å²) in [6, 6.07) is 9.50. The number of hydrazine groups is 1. The number of benzene rings is 1. The summed E-state index contributed by atoms with van der Waals surface area (Å²) < 4.78 is 0. The minimum absolute atomic E-state index is 0.0748. The number of anilines is 1. The molecule has 1 fully saturated rings. The van der Waals surface area contributed by atoms with Crippen molar-refractivity contribution in [1.82, 2.24) is 10.4 Å². The number of nitrogens with one attached hydrogen (secondary N) is 2. The lowest BCUT2D eigenvalue weighted by atomic mass is 10.1. The quantitative estimate of drug-likeness (QED) is 0.873. The van der Waals surface area contributed by atoms with Crippen LogP contribution >= 0.6 is 11.8 Å². The van der Waals surface area contributed by atoms with E-state index in [1.54, 1.807) is 5.01 Å². The predicted molar refractivity (Wildman–Crippen MR) is 85.6 cm³/mol. The molecule has 2 unspecified atom stereocenters. The summed E-state index contributed by atoms with van der Waals surface area (Å²) in [4.78, 5) is 12.2. The van der Waals surface area contributed by atoms with Crippen LogP contribution < -0.4 is 10.7 Å². The summed E-state index contributed by atoms with van der Waals surface area (Å²) in [6.07, 6.45) is 2.25. The molecule has 2 N–H and O–H groups in total. The third kappa shape index (κ3) is 3.90. The molecule has 0 aromatic heterocycles. The Morgan fingerprint density at radius 3 is 2.80 bits per heavy atom. The Balaban J connectivity index is 1.91. The number of thioether (sulfide) groups is 1. The monoisotopic (exact) mass is 293 g/mol. The van der Waals surface area contributed by atoms with E-state index in [9.17, 15) is 4.79 Å². The summed E-state index contributed by atoms with van der Waals surface area (Å²) in [5.74, 6) is 1.65. The lowest BCUT2D eigenvalue weighted by Gasteiger charge is -2.18.